The quantitative estimate of drug-likeness (QED) is 0.645. The Kier molecular flexibility index (Phi) is 4.38. The highest BCUT2D eigenvalue weighted by Gasteiger charge is 2.35. The highest BCUT2D eigenvalue weighted by atomic mass is 19.4. The van der Waals surface area contributed by atoms with E-state index in [1.165, 1.54) is 0 Å². The van der Waals surface area contributed by atoms with Gasteiger partial charge in [0.05, 0.1) is 12.2 Å². The molecular weight excluding hydrogens is 240 g/mol. The van der Waals surface area contributed by atoms with Crippen LogP contribution in [-0.4, -0.2) is 35.5 Å². The van der Waals surface area contributed by atoms with Gasteiger partial charge in [0.1, 0.15) is 12.4 Å². The predicted octanol–water partition coefficient (Wildman–Crippen LogP) is -0.244. The van der Waals surface area contributed by atoms with Crippen molar-refractivity contribution in [2.45, 2.75) is 6.18 Å². The normalized spacial score (nSPS) is 11.4. The molecule has 0 aliphatic carbocycles. The van der Waals surface area contributed by atoms with Crippen LogP contribution in [0.1, 0.15) is 5.56 Å². The van der Waals surface area contributed by atoms with E-state index in [1.54, 1.807) is 0 Å². The number of hydrogen-bond acceptors (Lipinski definition) is 4. The summed E-state index contributed by atoms with van der Waals surface area (Å²) in [4.78, 5) is 0. The average molecular weight is 250 g/mol. The van der Waals surface area contributed by atoms with Gasteiger partial charge >= 0.3 is 13.3 Å². The molecule has 0 saturated heterocycles. The van der Waals surface area contributed by atoms with Crippen LogP contribution in [0.5, 0.6) is 5.75 Å². The number of alkyl halides is 3. The van der Waals surface area contributed by atoms with Gasteiger partial charge in [0, 0.05) is 0 Å². The maximum absolute atomic E-state index is 12.6. The Morgan fingerprint density at radius 3 is 2.35 bits per heavy atom. The Hall–Kier alpha value is -1.25. The van der Waals surface area contributed by atoms with E-state index in [1.807, 2.05) is 0 Å². The van der Waals surface area contributed by atoms with Crippen LogP contribution in [0.3, 0.4) is 0 Å². The van der Waals surface area contributed by atoms with Gasteiger partial charge in [-0.25, -0.2) is 0 Å². The first-order valence-corrected chi connectivity index (χ1v) is 4.67. The molecule has 1 aromatic rings. The monoisotopic (exact) mass is 250 g/mol. The van der Waals surface area contributed by atoms with Crippen LogP contribution in [0.15, 0.2) is 18.2 Å². The van der Waals surface area contributed by atoms with E-state index in [9.17, 15) is 13.2 Å². The van der Waals surface area contributed by atoms with Crippen molar-refractivity contribution >= 4 is 12.6 Å². The van der Waals surface area contributed by atoms with Crippen molar-refractivity contribution in [2.75, 3.05) is 13.2 Å². The second-order valence-electron chi connectivity index (χ2n) is 3.20. The lowest BCUT2D eigenvalue weighted by Gasteiger charge is -2.14. The summed E-state index contributed by atoms with van der Waals surface area (Å²) in [7, 11) is -1.98. The van der Waals surface area contributed by atoms with Gasteiger partial charge in [0.15, 0.2) is 0 Å². The van der Waals surface area contributed by atoms with Gasteiger partial charge in [-0.2, -0.15) is 13.2 Å². The van der Waals surface area contributed by atoms with Crippen LogP contribution in [0, 0.1) is 0 Å². The standard InChI is InChI=1S/C9H10BF3O4/c11-9(12,13)7-5-6(10(15)16)1-2-8(7)17-4-3-14/h1-2,5,14-16H,3-4H2. The Labute approximate surface area is 95.4 Å². The van der Waals surface area contributed by atoms with E-state index in [4.69, 9.17) is 19.9 Å². The molecule has 0 bridgehead atoms. The topological polar surface area (TPSA) is 69.9 Å². The lowest BCUT2D eigenvalue weighted by atomic mass is 9.79. The molecule has 1 rings (SSSR count). The molecule has 0 radical (unpaired) electrons. The molecule has 0 fully saturated rings. The van der Waals surface area contributed by atoms with E-state index < -0.39 is 31.2 Å². The molecule has 0 atom stereocenters. The lowest BCUT2D eigenvalue weighted by Crippen LogP contribution is -2.31. The van der Waals surface area contributed by atoms with E-state index in [-0.39, 0.29) is 12.1 Å². The summed E-state index contributed by atoms with van der Waals surface area (Å²) >= 11 is 0. The molecule has 0 aliphatic rings. The minimum absolute atomic E-state index is 0.274. The Morgan fingerprint density at radius 1 is 1.24 bits per heavy atom. The molecule has 17 heavy (non-hydrogen) atoms. The highest BCUT2D eigenvalue weighted by molar-refractivity contribution is 6.58. The summed E-state index contributed by atoms with van der Waals surface area (Å²) in [5.74, 6) is -0.462. The van der Waals surface area contributed by atoms with Crippen LogP contribution in [0.4, 0.5) is 13.2 Å². The molecule has 8 heteroatoms. The number of aliphatic hydroxyl groups is 1. The second kappa shape index (κ2) is 5.39. The van der Waals surface area contributed by atoms with Gasteiger partial charge < -0.3 is 19.9 Å². The molecule has 0 spiro atoms. The molecule has 0 unspecified atom stereocenters. The molecule has 0 amide bonds. The smallest absolute Gasteiger partial charge is 0.488 e. The van der Waals surface area contributed by atoms with Crippen molar-refractivity contribution in [1.82, 2.24) is 0 Å². The maximum Gasteiger partial charge on any atom is 0.488 e. The fourth-order valence-electron chi connectivity index (χ4n) is 1.21. The van der Waals surface area contributed by atoms with Crippen LogP contribution in [0.2, 0.25) is 0 Å². The van der Waals surface area contributed by atoms with Gasteiger partial charge in [-0.3, -0.25) is 0 Å². The summed E-state index contributed by atoms with van der Waals surface area (Å²) in [6.07, 6.45) is -4.67. The molecule has 3 N–H and O–H groups in total. The Morgan fingerprint density at radius 2 is 1.88 bits per heavy atom. The zero-order chi connectivity index (χ0) is 13.1. The molecule has 0 aliphatic heterocycles. The van der Waals surface area contributed by atoms with E-state index in [2.05, 4.69) is 0 Å². The Balaban J connectivity index is 3.13. The van der Waals surface area contributed by atoms with Crippen molar-refractivity contribution in [3.63, 3.8) is 0 Å². The van der Waals surface area contributed by atoms with E-state index >= 15 is 0 Å². The van der Waals surface area contributed by atoms with Crippen LogP contribution < -0.4 is 10.2 Å². The number of rotatable bonds is 4. The zero-order valence-electron chi connectivity index (χ0n) is 8.61. The SMILES string of the molecule is OCCOc1ccc(B(O)O)cc1C(F)(F)F. The van der Waals surface area contributed by atoms with Crippen molar-refractivity contribution in [3.05, 3.63) is 23.8 Å². The summed E-state index contributed by atoms with van der Waals surface area (Å²) in [5.41, 5.74) is -1.40. The molecule has 0 saturated carbocycles. The van der Waals surface area contributed by atoms with Crippen molar-refractivity contribution in [3.8, 4) is 5.75 Å². The number of halogens is 3. The highest BCUT2D eigenvalue weighted by Crippen LogP contribution is 2.35. The van der Waals surface area contributed by atoms with Gasteiger partial charge in [0.25, 0.3) is 0 Å². The van der Waals surface area contributed by atoms with Crippen molar-refractivity contribution in [1.29, 1.82) is 0 Å². The van der Waals surface area contributed by atoms with E-state index in [0.717, 1.165) is 12.1 Å². The average Bonchev–Trinajstić information content (AvgIpc) is 2.24. The summed E-state index contributed by atoms with van der Waals surface area (Å²) in [6.45, 7) is -0.689. The van der Waals surface area contributed by atoms with Gasteiger partial charge in [0.2, 0.25) is 0 Å². The zero-order valence-corrected chi connectivity index (χ0v) is 8.61. The molecule has 1 aromatic carbocycles. The Bertz CT molecular complexity index is 381. The lowest BCUT2D eigenvalue weighted by molar-refractivity contribution is -0.139. The third-order valence-corrected chi connectivity index (χ3v) is 1.96. The largest absolute Gasteiger partial charge is 0.491 e. The second-order valence-corrected chi connectivity index (χ2v) is 3.20. The summed E-state index contributed by atoms with van der Waals surface area (Å²) < 4.78 is 42.6. The first-order valence-electron chi connectivity index (χ1n) is 4.67. The summed E-state index contributed by atoms with van der Waals surface area (Å²) in [6, 6.07) is 2.68. The van der Waals surface area contributed by atoms with Gasteiger partial charge in [-0.1, -0.05) is 6.07 Å². The molecular formula is C9H10BF3O4. The number of benzene rings is 1. The molecule has 4 nitrogen and oxygen atoms in total. The van der Waals surface area contributed by atoms with Gasteiger partial charge in [-0.15, -0.1) is 0 Å². The van der Waals surface area contributed by atoms with Crippen molar-refractivity contribution in [2.24, 2.45) is 0 Å². The third-order valence-electron chi connectivity index (χ3n) is 1.96. The molecule has 94 valence electrons. The first-order chi connectivity index (χ1) is 7.86. The molecule has 0 heterocycles. The summed E-state index contributed by atoms with van der Waals surface area (Å²) in [5, 5.41) is 26.1. The third kappa shape index (κ3) is 3.62. The minimum Gasteiger partial charge on any atom is -0.491 e. The van der Waals surface area contributed by atoms with E-state index in [0.29, 0.717) is 6.07 Å². The fraction of sp³-hybridized carbons (Fsp3) is 0.333. The predicted molar refractivity (Wildman–Crippen MR) is 53.9 cm³/mol. The van der Waals surface area contributed by atoms with Crippen LogP contribution in [-0.2, 0) is 6.18 Å². The molecule has 0 aromatic heterocycles. The maximum atomic E-state index is 12.6. The minimum atomic E-state index is -4.67. The number of hydrogen-bond donors (Lipinski definition) is 3. The van der Waals surface area contributed by atoms with Crippen molar-refractivity contribution < 1.29 is 33.1 Å². The van der Waals surface area contributed by atoms with Crippen LogP contribution in [0.25, 0.3) is 0 Å². The van der Waals surface area contributed by atoms with Gasteiger partial charge in [-0.05, 0) is 17.6 Å². The number of ether oxygens (including phenoxy) is 1. The number of aliphatic hydroxyl groups excluding tert-OH is 1. The first kappa shape index (κ1) is 13.8. The fourth-order valence-corrected chi connectivity index (χ4v) is 1.21. The van der Waals surface area contributed by atoms with Crippen LogP contribution >= 0.6 is 0 Å².